The van der Waals surface area contributed by atoms with Crippen LogP contribution in [0, 0.1) is 12.7 Å². The van der Waals surface area contributed by atoms with Crippen LogP contribution in [0.4, 0.5) is 15.8 Å². The van der Waals surface area contributed by atoms with Crippen LogP contribution in [0.15, 0.2) is 45.3 Å². The average molecular weight is 416 g/mol. The van der Waals surface area contributed by atoms with E-state index in [9.17, 15) is 9.18 Å². The summed E-state index contributed by atoms with van der Waals surface area (Å²) in [5.74, 6) is -0.542. The largest absolute Gasteiger partial charge is 0.374 e. The summed E-state index contributed by atoms with van der Waals surface area (Å²) >= 11 is 6.91. The van der Waals surface area contributed by atoms with E-state index >= 15 is 0 Å². The maximum atomic E-state index is 12.8. The Morgan fingerprint density at radius 2 is 1.71 bits per heavy atom. The van der Waals surface area contributed by atoms with Crippen molar-refractivity contribution in [2.45, 2.75) is 6.92 Å². The highest BCUT2D eigenvalue weighted by Gasteiger charge is 2.08. The fourth-order valence-corrected chi connectivity index (χ4v) is 3.47. The van der Waals surface area contributed by atoms with Gasteiger partial charge in [0, 0.05) is 14.6 Å². The number of halogens is 3. The minimum Gasteiger partial charge on any atom is -0.374 e. The molecule has 0 heterocycles. The van der Waals surface area contributed by atoms with Crippen LogP contribution in [-0.4, -0.2) is 12.5 Å². The van der Waals surface area contributed by atoms with Crippen molar-refractivity contribution in [2.75, 3.05) is 17.2 Å². The Morgan fingerprint density at radius 1 is 1.14 bits per heavy atom. The number of anilines is 2. The van der Waals surface area contributed by atoms with Gasteiger partial charge in [0.15, 0.2) is 0 Å². The molecule has 21 heavy (non-hydrogen) atoms. The van der Waals surface area contributed by atoms with E-state index in [-0.39, 0.29) is 18.3 Å². The third kappa shape index (κ3) is 4.54. The number of amides is 1. The summed E-state index contributed by atoms with van der Waals surface area (Å²) in [5.41, 5.74) is 2.48. The van der Waals surface area contributed by atoms with Gasteiger partial charge in [-0.3, -0.25) is 4.79 Å². The lowest BCUT2D eigenvalue weighted by atomic mass is 10.2. The molecule has 1 amide bonds. The lowest BCUT2D eigenvalue weighted by Gasteiger charge is -2.12. The van der Waals surface area contributed by atoms with Crippen LogP contribution in [-0.2, 0) is 4.79 Å². The second kappa shape index (κ2) is 7.04. The van der Waals surface area contributed by atoms with E-state index in [2.05, 4.69) is 42.5 Å². The van der Waals surface area contributed by atoms with Gasteiger partial charge in [-0.1, -0.05) is 0 Å². The van der Waals surface area contributed by atoms with Gasteiger partial charge >= 0.3 is 0 Å². The van der Waals surface area contributed by atoms with Gasteiger partial charge < -0.3 is 10.6 Å². The van der Waals surface area contributed by atoms with Gasteiger partial charge in [0.25, 0.3) is 0 Å². The van der Waals surface area contributed by atoms with Crippen molar-refractivity contribution < 1.29 is 9.18 Å². The first-order chi connectivity index (χ1) is 9.95. The minimum atomic E-state index is -0.335. The molecule has 0 aliphatic rings. The van der Waals surface area contributed by atoms with E-state index in [0.717, 1.165) is 20.2 Å². The first kappa shape index (κ1) is 16.0. The molecular formula is C15H13Br2FN2O. The molecule has 0 unspecified atom stereocenters. The predicted octanol–water partition coefficient (Wildman–Crippen LogP) is 4.71. The Hall–Kier alpha value is -1.40. The molecule has 6 heteroatoms. The Labute approximate surface area is 139 Å². The van der Waals surface area contributed by atoms with Crippen molar-refractivity contribution >= 4 is 49.1 Å². The molecule has 0 saturated carbocycles. The van der Waals surface area contributed by atoms with Gasteiger partial charge in [-0.2, -0.15) is 0 Å². The van der Waals surface area contributed by atoms with Gasteiger partial charge in [0.1, 0.15) is 5.82 Å². The first-order valence-corrected chi connectivity index (χ1v) is 7.79. The van der Waals surface area contributed by atoms with E-state index in [0.29, 0.717) is 5.69 Å². The zero-order chi connectivity index (χ0) is 15.4. The number of rotatable bonds is 4. The molecule has 2 aromatic carbocycles. The summed E-state index contributed by atoms with van der Waals surface area (Å²) in [6.45, 7) is 2.10. The van der Waals surface area contributed by atoms with Gasteiger partial charge in [0.05, 0.1) is 12.2 Å². The normalized spacial score (nSPS) is 10.3. The average Bonchev–Trinajstić information content (AvgIpc) is 2.40. The Morgan fingerprint density at radius 3 is 2.29 bits per heavy atom. The van der Waals surface area contributed by atoms with Crippen LogP contribution in [0.25, 0.3) is 0 Å². The summed E-state index contributed by atoms with van der Waals surface area (Å²) in [4.78, 5) is 11.9. The number of carbonyl (C=O) groups is 1. The van der Waals surface area contributed by atoms with Crippen LogP contribution in [0.5, 0.6) is 0 Å². The van der Waals surface area contributed by atoms with E-state index in [1.807, 2.05) is 19.1 Å². The second-order valence-electron chi connectivity index (χ2n) is 4.51. The first-order valence-electron chi connectivity index (χ1n) is 6.20. The third-order valence-electron chi connectivity index (χ3n) is 2.74. The van der Waals surface area contributed by atoms with Crippen molar-refractivity contribution in [1.82, 2.24) is 0 Å². The summed E-state index contributed by atoms with van der Waals surface area (Å²) in [6.07, 6.45) is 0. The molecule has 2 N–H and O–H groups in total. The molecule has 0 fully saturated rings. The molecule has 110 valence electrons. The van der Waals surface area contributed by atoms with Crippen LogP contribution in [0.1, 0.15) is 5.56 Å². The van der Waals surface area contributed by atoms with Crippen molar-refractivity contribution in [1.29, 1.82) is 0 Å². The number of carbonyl (C=O) groups excluding carboxylic acids is 1. The molecule has 0 bridgehead atoms. The molecule has 2 aromatic rings. The molecule has 3 nitrogen and oxygen atoms in total. The zero-order valence-corrected chi connectivity index (χ0v) is 14.4. The minimum absolute atomic E-state index is 0.109. The van der Waals surface area contributed by atoms with E-state index in [4.69, 9.17) is 0 Å². The Kier molecular flexibility index (Phi) is 5.36. The SMILES string of the molecule is Cc1cc(Br)c(NCC(=O)Nc2ccc(F)cc2)c(Br)c1. The zero-order valence-electron chi connectivity index (χ0n) is 11.2. The molecule has 0 spiro atoms. The van der Waals surface area contributed by atoms with Crippen molar-refractivity contribution in [3.05, 3.63) is 56.7 Å². The topological polar surface area (TPSA) is 41.1 Å². The van der Waals surface area contributed by atoms with Gasteiger partial charge in [0.2, 0.25) is 5.91 Å². The number of aryl methyl sites for hydroxylation is 1. The van der Waals surface area contributed by atoms with Crippen molar-refractivity contribution in [2.24, 2.45) is 0 Å². The van der Waals surface area contributed by atoms with E-state index in [1.165, 1.54) is 24.3 Å². The Balaban J connectivity index is 1.97. The quantitative estimate of drug-likeness (QED) is 0.759. The summed E-state index contributed by atoms with van der Waals surface area (Å²) in [7, 11) is 0. The van der Waals surface area contributed by atoms with Crippen LogP contribution >= 0.6 is 31.9 Å². The molecular weight excluding hydrogens is 403 g/mol. The third-order valence-corrected chi connectivity index (χ3v) is 3.99. The highest BCUT2D eigenvalue weighted by atomic mass is 79.9. The molecule has 0 aliphatic carbocycles. The Bertz CT molecular complexity index is 636. The molecule has 0 atom stereocenters. The summed E-state index contributed by atoms with van der Waals surface area (Å²) < 4.78 is 14.5. The lowest BCUT2D eigenvalue weighted by Crippen LogP contribution is -2.22. The predicted molar refractivity (Wildman–Crippen MR) is 90.1 cm³/mol. The molecule has 2 rings (SSSR count). The standard InChI is InChI=1S/C15H13Br2FN2O/c1-9-6-12(16)15(13(17)7-9)19-8-14(21)20-11-4-2-10(18)3-5-11/h2-7,19H,8H2,1H3,(H,20,21). The van der Waals surface area contributed by atoms with Crippen molar-refractivity contribution in [3.8, 4) is 0 Å². The summed E-state index contributed by atoms with van der Waals surface area (Å²) in [5, 5.41) is 5.75. The van der Waals surface area contributed by atoms with Gasteiger partial charge in [-0.25, -0.2) is 4.39 Å². The lowest BCUT2D eigenvalue weighted by molar-refractivity contribution is -0.114. The number of nitrogens with one attached hydrogen (secondary N) is 2. The monoisotopic (exact) mass is 414 g/mol. The second-order valence-corrected chi connectivity index (χ2v) is 6.22. The van der Waals surface area contributed by atoms with Gasteiger partial charge in [-0.05, 0) is 80.7 Å². The maximum Gasteiger partial charge on any atom is 0.243 e. The fraction of sp³-hybridized carbons (Fsp3) is 0.133. The molecule has 0 saturated heterocycles. The van der Waals surface area contributed by atoms with Crippen LogP contribution in [0.2, 0.25) is 0 Å². The molecule has 0 aliphatic heterocycles. The van der Waals surface area contributed by atoms with E-state index < -0.39 is 0 Å². The van der Waals surface area contributed by atoms with Crippen LogP contribution in [0.3, 0.4) is 0 Å². The molecule has 0 aromatic heterocycles. The maximum absolute atomic E-state index is 12.8. The van der Waals surface area contributed by atoms with Gasteiger partial charge in [-0.15, -0.1) is 0 Å². The van der Waals surface area contributed by atoms with Crippen LogP contribution < -0.4 is 10.6 Å². The number of hydrogen-bond acceptors (Lipinski definition) is 2. The summed E-state index contributed by atoms with van der Waals surface area (Å²) in [6, 6.07) is 9.57. The highest BCUT2D eigenvalue weighted by molar-refractivity contribution is 9.11. The number of hydrogen-bond donors (Lipinski definition) is 2. The highest BCUT2D eigenvalue weighted by Crippen LogP contribution is 2.32. The fourth-order valence-electron chi connectivity index (χ4n) is 1.78. The smallest absolute Gasteiger partial charge is 0.243 e. The van der Waals surface area contributed by atoms with Crippen molar-refractivity contribution in [3.63, 3.8) is 0 Å². The number of benzene rings is 2. The van der Waals surface area contributed by atoms with E-state index in [1.54, 1.807) is 0 Å². The molecule has 0 radical (unpaired) electrons.